The van der Waals surface area contributed by atoms with E-state index in [0.29, 0.717) is 25.4 Å². The molecule has 25 heavy (non-hydrogen) atoms. The van der Waals surface area contributed by atoms with Crippen LogP contribution in [0.4, 0.5) is 0 Å². The second-order valence-electron chi connectivity index (χ2n) is 5.69. The lowest BCUT2D eigenvalue weighted by atomic mass is 10.0. The molecule has 0 aromatic heterocycles. The van der Waals surface area contributed by atoms with Gasteiger partial charge in [0.25, 0.3) is 0 Å². The summed E-state index contributed by atoms with van der Waals surface area (Å²) < 4.78 is 15.5. The Kier molecular flexibility index (Phi) is 9.43. The number of amides is 1. The van der Waals surface area contributed by atoms with Crippen molar-refractivity contribution in [1.29, 1.82) is 0 Å². The molecule has 1 amide bonds. The summed E-state index contributed by atoms with van der Waals surface area (Å²) in [7, 11) is 2.96. The molecular weight excluding hydrogens is 322 g/mol. The van der Waals surface area contributed by atoms with Gasteiger partial charge in [-0.3, -0.25) is 9.59 Å². The topological polar surface area (TPSA) is 65.1 Å². The second-order valence-corrected chi connectivity index (χ2v) is 5.69. The van der Waals surface area contributed by atoms with Crippen molar-refractivity contribution in [2.75, 3.05) is 33.9 Å². The maximum Gasteiger partial charge on any atom is 0.307 e. The molecule has 0 atom stereocenters. The molecule has 1 rings (SSSR count). The van der Waals surface area contributed by atoms with Crippen LogP contribution in [-0.2, 0) is 14.3 Å². The van der Waals surface area contributed by atoms with Gasteiger partial charge in [-0.05, 0) is 37.1 Å². The third-order valence-corrected chi connectivity index (χ3v) is 4.15. The van der Waals surface area contributed by atoms with Crippen molar-refractivity contribution in [3.05, 3.63) is 24.3 Å². The first-order valence-electron chi connectivity index (χ1n) is 8.68. The number of ether oxygens (including phenoxy) is 3. The number of nitrogens with zero attached hydrogens (tertiary/aromatic N) is 1. The summed E-state index contributed by atoms with van der Waals surface area (Å²) in [4.78, 5) is 25.7. The van der Waals surface area contributed by atoms with E-state index in [4.69, 9.17) is 9.47 Å². The fourth-order valence-electron chi connectivity index (χ4n) is 2.50. The zero-order chi connectivity index (χ0) is 18.7. The smallest absolute Gasteiger partial charge is 0.307 e. The first-order valence-corrected chi connectivity index (χ1v) is 8.68. The molecular formula is C19H29NO5. The summed E-state index contributed by atoms with van der Waals surface area (Å²) in [6, 6.07) is 7.28. The lowest BCUT2D eigenvalue weighted by Gasteiger charge is -2.26. The molecule has 0 spiro atoms. The molecule has 0 heterocycles. The van der Waals surface area contributed by atoms with E-state index in [1.165, 1.54) is 7.11 Å². The van der Waals surface area contributed by atoms with Gasteiger partial charge in [-0.25, -0.2) is 0 Å². The summed E-state index contributed by atoms with van der Waals surface area (Å²) in [6.45, 7) is 5.13. The number of methoxy groups -OCH3 is 2. The first kappa shape index (κ1) is 20.8. The van der Waals surface area contributed by atoms with Gasteiger partial charge in [0.15, 0.2) is 0 Å². The maximum absolute atomic E-state index is 12.6. The molecule has 6 heteroatoms. The molecule has 0 fully saturated rings. The van der Waals surface area contributed by atoms with Crippen LogP contribution in [0.1, 0.15) is 33.1 Å². The number of esters is 1. The predicted octanol–water partition coefficient (Wildman–Crippen LogP) is 2.90. The standard InChI is InChI=1S/C19H29NO5/c1-5-15(6-2)19(22)20(12-11-18(21)24-4)13-14-25-17-9-7-16(23-3)8-10-17/h7-10,15H,5-6,11-14H2,1-4H3. The van der Waals surface area contributed by atoms with Gasteiger partial charge in [-0.2, -0.15) is 0 Å². The fourth-order valence-corrected chi connectivity index (χ4v) is 2.50. The molecule has 0 bridgehead atoms. The third kappa shape index (κ3) is 7.03. The minimum atomic E-state index is -0.321. The molecule has 0 aliphatic heterocycles. The van der Waals surface area contributed by atoms with Crippen LogP contribution in [0.5, 0.6) is 11.5 Å². The van der Waals surface area contributed by atoms with Crippen molar-refractivity contribution in [3.8, 4) is 11.5 Å². The average molecular weight is 351 g/mol. The minimum absolute atomic E-state index is 0.0290. The van der Waals surface area contributed by atoms with E-state index in [1.807, 2.05) is 38.1 Å². The number of carbonyl (C=O) groups excluding carboxylic acids is 2. The molecule has 0 saturated heterocycles. The highest BCUT2D eigenvalue weighted by atomic mass is 16.5. The lowest BCUT2D eigenvalue weighted by molar-refractivity contribution is -0.142. The summed E-state index contributed by atoms with van der Waals surface area (Å²) >= 11 is 0. The molecule has 1 aromatic carbocycles. The Balaban J connectivity index is 2.61. The van der Waals surface area contributed by atoms with Crippen molar-refractivity contribution < 1.29 is 23.8 Å². The van der Waals surface area contributed by atoms with E-state index in [9.17, 15) is 9.59 Å². The van der Waals surface area contributed by atoms with Gasteiger partial charge in [0.2, 0.25) is 5.91 Å². The quantitative estimate of drug-likeness (QED) is 0.574. The predicted molar refractivity (Wildman–Crippen MR) is 95.8 cm³/mol. The molecule has 0 unspecified atom stereocenters. The van der Waals surface area contributed by atoms with Crippen molar-refractivity contribution >= 4 is 11.9 Å². The van der Waals surface area contributed by atoms with Crippen LogP contribution in [0.2, 0.25) is 0 Å². The van der Waals surface area contributed by atoms with Crippen LogP contribution >= 0.6 is 0 Å². The normalized spacial score (nSPS) is 10.4. The molecule has 140 valence electrons. The van der Waals surface area contributed by atoms with E-state index >= 15 is 0 Å². The molecule has 6 nitrogen and oxygen atoms in total. The highest BCUT2D eigenvalue weighted by Gasteiger charge is 2.22. The number of benzene rings is 1. The average Bonchev–Trinajstić information content (AvgIpc) is 2.65. The maximum atomic E-state index is 12.6. The Morgan fingerprint density at radius 2 is 1.60 bits per heavy atom. The van der Waals surface area contributed by atoms with E-state index in [1.54, 1.807) is 12.0 Å². The third-order valence-electron chi connectivity index (χ3n) is 4.15. The first-order chi connectivity index (χ1) is 12.0. The van der Waals surface area contributed by atoms with Gasteiger partial charge in [-0.1, -0.05) is 13.8 Å². The van der Waals surface area contributed by atoms with Crippen LogP contribution in [0.15, 0.2) is 24.3 Å². The van der Waals surface area contributed by atoms with Crippen LogP contribution < -0.4 is 9.47 Å². The molecule has 1 aromatic rings. The van der Waals surface area contributed by atoms with Crippen molar-refractivity contribution in [1.82, 2.24) is 4.90 Å². The number of hydrogen-bond acceptors (Lipinski definition) is 5. The highest BCUT2D eigenvalue weighted by Crippen LogP contribution is 2.17. The van der Waals surface area contributed by atoms with E-state index < -0.39 is 0 Å². The van der Waals surface area contributed by atoms with Crippen molar-refractivity contribution in [2.45, 2.75) is 33.1 Å². The lowest BCUT2D eigenvalue weighted by Crippen LogP contribution is -2.40. The summed E-state index contributed by atoms with van der Waals surface area (Å²) in [5.41, 5.74) is 0. The molecule has 0 saturated carbocycles. The van der Waals surface area contributed by atoms with Crippen LogP contribution in [0.3, 0.4) is 0 Å². The Labute approximate surface area is 150 Å². The van der Waals surface area contributed by atoms with Gasteiger partial charge in [0.05, 0.1) is 27.2 Å². The number of hydrogen-bond donors (Lipinski definition) is 0. The summed E-state index contributed by atoms with van der Waals surface area (Å²) in [5, 5.41) is 0. The fraction of sp³-hybridized carbons (Fsp3) is 0.579. The Morgan fingerprint density at radius 3 is 2.12 bits per heavy atom. The Bertz CT molecular complexity index is 525. The van der Waals surface area contributed by atoms with Crippen LogP contribution in [0.25, 0.3) is 0 Å². The largest absolute Gasteiger partial charge is 0.497 e. The van der Waals surface area contributed by atoms with Crippen LogP contribution in [0, 0.1) is 5.92 Å². The Morgan fingerprint density at radius 1 is 1.00 bits per heavy atom. The molecule has 0 radical (unpaired) electrons. The van der Waals surface area contributed by atoms with E-state index in [-0.39, 0.29) is 24.2 Å². The van der Waals surface area contributed by atoms with Gasteiger partial charge in [0.1, 0.15) is 18.1 Å². The van der Waals surface area contributed by atoms with E-state index in [2.05, 4.69) is 4.74 Å². The highest BCUT2D eigenvalue weighted by molar-refractivity contribution is 5.79. The van der Waals surface area contributed by atoms with Gasteiger partial charge in [-0.15, -0.1) is 0 Å². The van der Waals surface area contributed by atoms with Crippen molar-refractivity contribution in [2.24, 2.45) is 5.92 Å². The van der Waals surface area contributed by atoms with Gasteiger partial charge in [0, 0.05) is 12.5 Å². The number of carbonyl (C=O) groups is 2. The SMILES string of the molecule is CCC(CC)C(=O)N(CCOc1ccc(OC)cc1)CCC(=O)OC. The zero-order valence-electron chi connectivity index (χ0n) is 15.6. The summed E-state index contributed by atoms with van der Waals surface area (Å²) in [6.07, 6.45) is 1.75. The Hall–Kier alpha value is -2.24. The van der Waals surface area contributed by atoms with Gasteiger partial charge < -0.3 is 19.1 Å². The minimum Gasteiger partial charge on any atom is -0.497 e. The molecule has 0 aliphatic carbocycles. The summed E-state index contributed by atoms with van der Waals surface area (Å²) in [5.74, 6) is 1.18. The second kappa shape index (κ2) is 11.3. The monoisotopic (exact) mass is 351 g/mol. The van der Waals surface area contributed by atoms with Gasteiger partial charge >= 0.3 is 5.97 Å². The van der Waals surface area contributed by atoms with Crippen LogP contribution in [-0.4, -0.2) is 50.7 Å². The van der Waals surface area contributed by atoms with E-state index in [0.717, 1.165) is 18.6 Å². The number of rotatable bonds is 11. The molecule has 0 aliphatic rings. The van der Waals surface area contributed by atoms with Crippen molar-refractivity contribution in [3.63, 3.8) is 0 Å². The molecule has 0 N–H and O–H groups in total. The zero-order valence-corrected chi connectivity index (χ0v) is 15.6.